The highest BCUT2D eigenvalue weighted by atomic mass is 35.5. The van der Waals surface area contributed by atoms with Gasteiger partial charge in [0.15, 0.2) is 0 Å². The van der Waals surface area contributed by atoms with Crippen molar-refractivity contribution in [2.24, 2.45) is 5.73 Å². The van der Waals surface area contributed by atoms with Gasteiger partial charge in [0.1, 0.15) is 5.75 Å². The van der Waals surface area contributed by atoms with Crippen LogP contribution in [0.4, 0.5) is 13.2 Å². The van der Waals surface area contributed by atoms with Crippen molar-refractivity contribution < 1.29 is 17.9 Å². The van der Waals surface area contributed by atoms with Gasteiger partial charge in [0.25, 0.3) is 0 Å². The zero-order chi connectivity index (χ0) is 12.2. The monoisotopic (exact) mass is 253 g/mol. The quantitative estimate of drug-likeness (QED) is 0.895. The lowest BCUT2D eigenvalue weighted by molar-refractivity contribution is -0.139. The smallest absolute Gasteiger partial charge is 0.392 e. The van der Waals surface area contributed by atoms with Crippen molar-refractivity contribution in [3.05, 3.63) is 28.8 Å². The lowest BCUT2D eigenvalue weighted by atomic mass is 10.2. The lowest BCUT2D eigenvalue weighted by Crippen LogP contribution is -2.13. The summed E-state index contributed by atoms with van der Waals surface area (Å²) < 4.78 is 40.5. The molecule has 0 heterocycles. The molecule has 0 aliphatic carbocycles. The van der Waals surface area contributed by atoms with Crippen LogP contribution in [0.3, 0.4) is 0 Å². The number of hydrogen-bond acceptors (Lipinski definition) is 2. The molecule has 6 heteroatoms. The van der Waals surface area contributed by atoms with E-state index in [9.17, 15) is 13.2 Å². The van der Waals surface area contributed by atoms with Gasteiger partial charge in [-0.05, 0) is 17.7 Å². The first-order valence-corrected chi connectivity index (χ1v) is 4.98. The van der Waals surface area contributed by atoms with E-state index in [0.29, 0.717) is 6.54 Å². The second-order valence-corrected chi connectivity index (χ2v) is 3.59. The van der Waals surface area contributed by atoms with Gasteiger partial charge in [-0.3, -0.25) is 0 Å². The summed E-state index contributed by atoms with van der Waals surface area (Å²) in [6.07, 6.45) is -5.22. The fourth-order valence-corrected chi connectivity index (χ4v) is 1.32. The SMILES string of the molecule is NCc1ccc(OCCC(F)(F)F)c(Cl)c1. The fourth-order valence-electron chi connectivity index (χ4n) is 1.07. The van der Waals surface area contributed by atoms with Crippen LogP contribution < -0.4 is 10.5 Å². The number of halogens is 4. The van der Waals surface area contributed by atoms with Crippen molar-refractivity contribution in [3.63, 3.8) is 0 Å². The van der Waals surface area contributed by atoms with Crippen LogP contribution in [0.25, 0.3) is 0 Å². The first kappa shape index (κ1) is 13.1. The molecule has 0 spiro atoms. The van der Waals surface area contributed by atoms with Gasteiger partial charge in [-0.2, -0.15) is 13.2 Å². The molecule has 0 aliphatic rings. The zero-order valence-electron chi connectivity index (χ0n) is 8.35. The third kappa shape index (κ3) is 4.28. The predicted octanol–water partition coefficient (Wildman–Crippen LogP) is 3.13. The minimum absolute atomic E-state index is 0.239. The molecule has 2 nitrogen and oxygen atoms in total. The van der Waals surface area contributed by atoms with Crippen LogP contribution in [-0.2, 0) is 6.54 Å². The molecule has 0 saturated carbocycles. The van der Waals surface area contributed by atoms with Crippen molar-refractivity contribution in [1.82, 2.24) is 0 Å². The van der Waals surface area contributed by atoms with E-state index < -0.39 is 19.2 Å². The first-order chi connectivity index (χ1) is 7.42. The van der Waals surface area contributed by atoms with Crippen LogP contribution in [0.1, 0.15) is 12.0 Å². The molecule has 1 rings (SSSR count). The Morgan fingerprint density at radius 1 is 1.31 bits per heavy atom. The third-order valence-corrected chi connectivity index (χ3v) is 2.17. The first-order valence-electron chi connectivity index (χ1n) is 4.60. The van der Waals surface area contributed by atoms with Crippen LogP contribution in [0.2, 0.25) is 5.02 Å². The van der Waals surface area contributed by atoms with Gasteiger partial charge in [0, 0.05) is 6.54 Å². The summed E-state index contributed by atoms with van der Waals surface area (Å²) in [5.74, 6) is 0.239. The molecule has 0 aliphatic heterocycles. The van der Waals surface area contributed by atoms with Crippen molar-refractivity contribution in [2.75, 3.05) is 6.61 Å². The second kappa shape index (κ2) is 5.41. The number of nitrogens with two attached hydrogens (primary N) is 1. The molecule has 0 atom stereocenters. The largest absolute Gasteiger partial charge is 0.492 e. The van der Waals surface area contributed by atoms with Crippen molar-refractivity contribution in [1.29, 1.82) is 0 Å². The van der Waals surface area contributed by atoms with Crippen molar-refractivity contribution >= 4 is 11.6 Å². The molecule has 90 valence electrons. The van der Waals surface area contributed by atoms with E-state index in [0.717, 1.165) is 5.56 Å². The standard InChI is InChI=1S/C10H11ClF3NO/c11-8-5-7(6-15)1-2-9(8)16-4-3-10(12,13)14/h1-2,5H,3-4,6,15H2. The summed E-state index contributed by atoms with van der Waals surface area (Å²) in [7, 11) is 0. The van der Waals surface area contributed by atoms with Crippen molar-refractivity contribution in [2.45, 2.75) is 19.1 Å². The Labute approximate surface area is 96.1 Å². The van der Waals surface area contributed by atoms with Gasteiger partial charge in [-0.1, -0.05) is 17.7 Å². The Kier molecular flexibility index (Phi) is 4.44. The minimum Gasteiger partial charge on any atom is -0.492 e. The minimum atomic E-state index is -4.22. The number of hydrogen-bond donors (Lipinski definition) is 1. The summed E-state index contributed by atoms with van der Waals surface area (Å²) in [6.45, 7) is -0.117. The number of ether oxygens (including phenoxy) is 1. The maximum atomic E-state index is 11.8. The normalized spacial score (nSPS) is 11.6. The summed E-state index contributed by atoms with van der Waals surface area (Å²) in [6, 6.07) is 4.75. The molecular formula is C10H11ClF3NO. The van der Waals surface area contributed by atoms with E-state index >= 15 is 0 Å². The summed E-state index contributed by atoms with van der Waals surface area (Å²) in [5, 5.41) is 0.269. The molecule has 0 unspecified atom stereocenters. The van der Waals surface area contributed by atoms with Gasteiger partial charge in [-0.25, -0.2) is 0 Å². The van der Waals surface area contributed by atoms with Crippen LogP contribution >= 0.6 is 11.6 Å². The molecule has 1 aromatic rings. The zero-order valence-corrected chi connectivity index (χ0v) is 9.11. The van der Waals surface area contributed by atoms with Crippen molar-refractivity contribution in [3.8, 4) is 5.75 Å². The highest BCUT2D eigenvalue weighted by Gasteiger charge is 2.26. The second-order valence-electron chi connectivity index (χ2n) is 3.18. The Morgan fingerprint density at radius 3 is 2.50 bits per heavy atom. The Hall–Kier alpha value is -0.940. The molecular weight excluding hydrogens is 243 g/mol. The highest BCUT2D eigenvalue weighted by Crippen LogP contribution is 2.26. The van der Waals surface area contributed by atoms with Crippen LogP contribution in [0.15, 0.2) is 18.2 Å². The Bertz CT molecular complexity index is 354. The average Bonchev–Trinajstić information content (AvgIpc) is 2.18. The van der Waals surface area contributed by atoms with E-state index in [1.807, 2.05) is 0 Å². The molecule has 1 aromatic carbocycles. The molecule has 0 fully saturated rings. The molecule has 0 radical (unpaired) electrons. The average molecular weight is 254 g/mol. The van der Waals surface area contributed by atoms with Crippen LogP contribution in [0, 0.1) is 0 Å². The fraction of sp³-hybridized carbons (Fsp3) is 0.400. The van der Waals surface area contributed by atoms with Gasteiger partial charge < -0.3 is 10.5 Å². The maximum absolute atomic E-state index is 11.8. The Morgan fingerprint density at radius 2 is 2.00 bits per heavy atom. The van der Waals surface area contributed by atoms with Gasteiger partial charge in [0.2, 0.25) is 0 Å². The molecule has 2 N–H and O–H groups in total. The maximum Gasteiger partial charge on any atom is 0.392 e. The number of benzene rings is 1. The lowest BCUT2D eigenvalue weighted by Gasteiger charge is -2.10. The molecule has 0 aromatic heterocycles. The summed E-state index contributed by atoms with van der Waals surface area (Å²) in [5.41, 5.74) is 6.18. The molecule has 0 saturated heterocycles. The van der Waals surface area contributed by atoms with Gasteiger partial charge in [0.05, 0.1) is 18.1 Å². The Balaban J connectivity index is 2.55. The molecule has 0 amide bonds. The number of rotatable bonds is 4. The van der Waals surface area contributed by atoms with Crippen LogP contribution in [-0.4, -0.2) is 12.8 Å². The van der Waals surface area contributed by atoms with E-state index in [1.165, 1.54) is 6.07 Å². The van der Waals surface area contributed by atoms with Crippen LogP contribution in [0.5, 0.6) is 5.75 Å². The van der Waals surface area contributed by atoms with Gasteiger partial charge >= 0.3 is 6.18 Å². The summed E-state index contributed by atoms with van der Waals surface area (Å²) >= 11 is 5.80. The van der Waals surface area contributed by atoms with E-state index in [2.05, 4.69) is 0 Å². The molecule has 0 bridgehead atoms. The molecule has 16 heavy (non-hydrogen) atoms. The van der Waals surface area contributed by atoms with E-state index in [-0.39, 0.29) is 10.8 Å². The predicted molar refractivity (Wildman–Crippen MR) is 55.5 cm³/mol. The highest BCUT2D eigenvalue weighted by molar-refractivity contribution is 6.32. The van der Waals surface area contributed by atoms with E-state index in [1.54, 1.807) is 12.1 Å². The topological polar surface area (TPSA) is 35.2 Å². The third-order valence-electron chi connectivity index (χ3n) is 1.88. The van der Waals surface area contributed by atoms with E-state index in [4.69, 9.17) is 22.1 Å². The summed E-state index contributed by atoms with van der Waals surface area (Å²) in [4.78, 5) is 0. The number of alkyl halides is 3. The van der Waals surface area contributed by atoms with Gasteiger partial charge in [-0.15, -0.1) is 0 Å².